The van der Waals surface area contributed by atoms with Crippen molar-refractivity contribution in [3.63, 3.8) is 0 Å². The second-order valence-corrected chi connectivity index (χ2v) is 9.96. The second-order valence-electron chi connectivity index (χ2n) is 8.14. The van der Waals surface area contributed by atoms with Crippen LogP contribution in [0.25, 0.3) is 10.9 Å². The maximum atomic E-state index is 14.0. The molecule has 37 heavy (non-hydrogen) atoms. The number of benzene rings is 3. The van der Waals surface area contributed by atoms with Crippen molar-refractivity contribution >= 4 is 44.8 Å². The van der Waals surface area contributed by atoms with Crippen molar-refractivity contribution in [3.05, 3.63) is 82.5 Å². The first-order valence-electron chi connectivity index (χ1n) is 10.9. The molecule has 2 unspecified atom stereocenters. The van der Waals surface area contributed by atoms with E-state index >= 15 is 0 Å². The van der Waals surface area contributed by atoms with Gasteiger partial charge in [-0.15, -0.1) is 0 Å². The first-order chi connectivity index (χ1) is 17.5. The molecular weight excluding hydrogens is 529 g/mol. The molecule has 6 nitrogen and oxygen atoms in total. The molecule has 11 heteroatoms. The van der Waals surface area contributed by atoms with Crippen molar-refractivity contribution < 1.29 is 31.6 Å². The van der Waals surface area contributed by atoms with Crippen molar-refractivity contribution in [2.75, 3.05) is 25.8 Å². The molecule has 0 bridgehead atoms. The molecule has 4 rings (SSSR count). The van der Waals surface area contributed by atoms with Gasteiger partial charge in [-0.25, -0.2) is 0 Å². The molecule has 0 aliphatic rings. The van der Waals surface area contributed by atoms with Crippen LogP contribution in [0.3, 0.4) is 0 Å². The van der Waals surface area contributed by atoms with Crippen molar-refractivity contribution in [2.45, 2.75) is 17.1 Å². The minimum atomic E-state index is -4.57. The lowest BCUT2D eigenvalue weighted by Gasteiger charge is -2.22. The van der Waals surface area contributed by atoms with Crippen LogP contribution >= 0.6 is 11.6 Å². The first kappa shape index (κ1) is 26.6. The molecule has 0 amide bonds. The van der Waals surface area contributed by atoms with E-state index in [9.17, 15) is 22.2 Å². The van der Waals surface area contributed by atoms with E-state index in [0.717, 1.165) is 12.1 Å². The van der Waals surface area contributed by atoms with Gasteiger partial charge in [-0.3, -0.25) is 9.00 Å². The van der Waals surface area contributed by atoms with Gasteiger partial charge in [-0.1, -0.05) is 17.7 Å². The first-order valence-corrected chi connectivity index (χ1v) is 12.8. The lowest BCUT2D eigenvalue weighted by molar-refractivity contribution is -0.137. The number of ketones is 1. The van der Waals surface area contributed by atoms with Gasteiger partial charge < -0.3 is 19.8 Å². The van der Waals surface area contributed by atoms with Crippen LogP contribution in [0.15, 0.2) is 65.7 Å². The average Bonchev–Trinajstić information content (AvgIpc) is 3.29. The largest absolute Gasteiger partial charge is 0.497 e. The Labute approximate surface area is 218 Å². The van der Waals surface area contributed by atoms with Crippen LogP contribution in [0.1, 0.15) is 27.5 Å². The van der Waals surface area contributed by atoms with Gasteiger partial charge in [0.2, 0.25) is 0 Å². The standard InChI is InChI=1S/C26H22ClF3N2O4S/c1-35-17-10-16(11-18(12-17)37(3)34)32-24(19-6-5-15(27)9-23(19)36-2)25(33)21-13-31-22-7-4-14(8-20(21)22)26(28,29)30/h4-13,24,31-32H,1-3H3. The number of anilines is 1. The van der Waals surface area contributed by atoms with Gasteiger partial charge in [0.15, 0.2) is 5.78 Å². The second kappa shape index (κ2) is 10.5. The number of nitrogens with one attached hydrogen (secondary N) is 2. The SMILES string of the molecule is COc1cc(NC(C(=O)c2c[nH]c3ccc(C(F)(F)F)cc23)c2ccc(Cl)cc2OC)cc(S(C)=O)c1. The normalized spacial score (nSPS) is 13.3. The number of alkyl halides is 3. The summed E-state index contributed by atoms with van der Waals surface area (Å²) < 4.78 is 63.2. The summed E-state index contributed by atoms with van der Waals surface area (Å²) in [6.07, 6.45) is -1.69. The molecule has 0 saturated carbocycles. The van der Waals surface area contributed by atoms with E-state index in [1.54, 1.807) is 30.3 Å². The van der Waals surface area contributed by atoms with E-state index < -0.39 is 34.4 Å². The molecule has 1 heterocycles. The molecule has 0 fully saturated rings. The Kier molecular flexibility index (Phi) is 7.52. The predicted octanol–water partition coefficient (Wildman–Crippen LogP) is 6.63. The van der Waals surface area contributed by atoms with Gasteiger partial charge in [-0.2, -0.15) is 13.2 Å². The average molecular weight is 551 g/mol. The topological polar surface area (TPSA) is 80.4 Å². The number of H-pyrrole nitrogens is 1. The number of carbonyl (C=O) groups is 1. The summed E-state index contributed by atoms with van der Waals surface area (Å²) in [5.41, 5.74) is 0.377. The molecule has 4 aromatic rings. The fraction of sp³-hybridized carbons (Fsp3) is 0.192. The van der Waals surface area contributed by atoms with Crippen LogP contribution in [0.2, 0.25) is 5.02 Å². The Morgan fingerprint density at radius 2 is 1.81 bits per heavy atom. The Balaban J connectivity index is 1.87. The van der Waals surface area contributed by atoms with Crippen molar-refractivity contribution in [1.82, 2.24) is 4.98 Å². The monoisotopic (exact) mass is 550 g/mol. The van der Waals surface area contributed by atoms with E-state index in [-0.39, 0.29) is 10.9 Å². The highest BCUT2D eigenvalue weighted by Gasteiger charge is 2.32. The zero-order valence-corrected chi connectivity index (χ0v) is 21.5. The molecule has 0 aliphatic carbocycles. The van der Waals surface area contributed by atoms with Crippen LogP contribution in [-0.2, 0) is 17.0 Å². The molecule has 194 valence electrons. The summed E-state index contributed by atoms with van der Waals surface area (Å²) in [6.45, 7) is 0. The highest BCUT2D eigenvalue weighted by Crippen LogP contribution is 2.37. The maximum absolute atomic E-state index is 14.0. The number of fused-ring (bicyclic) bond motifs is 1. The summed E-state index contributed by atoms with van der Waals surface area (Å²) in [7, 11) is 1.53. The third-order valence-corrected chi connectivity index (χ3v) is 6.94. The van der Waals surface area contributed by atoms with Gasteiger partial charge >= 0.3 is 6.18 Å². The number of hydrogen-bond acceptors (Lipinski definition) is 5. The molecule has 3 aromatic carbocycles. The van der Waals surface area contributed by atoms with Crippen molar-refractivity contribution in [2.24, 2.45) is 0 Å². The fourth-order valence-corrected chi connectivity index (χ4v) is 4.71. The van der Waals surface area contributed by atoms with Crippen LogP contribution in [-0.4, -0.2) is 35.5 Å². The summed E-state index contributed by atoms with van der Waals surface area (Å²) >= 11 is 6.13. The molecule has 2 atom stereocenters. The number of halogens is 4. The number of carbonyl (C=O) groups excluding carboxylic acids is 1. The number of hydrogen-bond donors (Lipinski definition) is 2. The maximum Gasteiger partial charge on any atom is 0.416 e. The van der Waals surface area contributed by atoms with E-state index in [0.29, 0.717) is 38.2 Å². The minimum absolute atomic E-state index is 0.0535. The Bertz CT molecular complexity index is 1500. The summed E-state index contributed by atoms with van der Waals surface area (Å²) in [5.74, 6) is 0.191. The van der Waals surface area contributed by atoms with E-state index in [1.807, 2.05) is 0 Å². The molecule has 0 aliphatic heterocycles. The quantitative estimate of drug-likeness (QED) is 0.241. The van der Waals surface area contributed by atoms with Crippen molar-refractivity contribution in [3.8, 4) is 11.5 Å². The zero-order valence-electron chi connectivity index (χ0n) is 19.9. The number of ether oxygens (including phenoxy) is 2. The molecule has 0 radical (unpaired) electrons. The van der Waals surface area contributed by atoms with Crippen LogP contribution < -0.4 is 14.8 Å². The third-order valence-electron chi connectivity index (χ3n) is 5.80. The zero-order chi connectivity index (χ0) is 26.9. The summed E-state index contributed by atoms with van der Waals surface area (Å²) in [4.78, 5) is 17.3. The highest BCUT2D eigenvalue weighted by molar-refractivity contribution is 7.84. The van der Waals surface area contributed by atoms with Gasteiger partial charge in [0.05, 0.1) is 19.8 Å². The van der Waals surface area contributed by atoms with E-state index in [4.69, 9.17) is 21.1 Å². The van der Waals surface area contributed by atoms with E-state index in [1.165, 1.54) is 38.8 Å². The minimum Gasteiger partial charge on any atom is -0.497 e. The van der Waals surface area contributed by atoms with Crippen LogP contribution in [0.4, 0.5) is 18.9 Å². The van der Waals surface area contributed by atoms with Crippen molar-refractivity contribution in [1.29, 1.82) is 0 Å². The number of aromatic nitrogens is 1. The van der Waals surface area contributed by atoms with Crippen LogP contribution in [0, 0.1) is 0 Å². The Morgan fingerprint density at radius 3 is 2.46 bits per heavy atom. The lowest BCUT2D eigenvalue weighted by Crippen LogP contribution is -2.22. The third kappa shape index (κ3) is 5.60. The molecule has 0 spiro atoms. The highest BCUT2D eigenvalue weighted by atomic mass is 35.5. The number of methoxy groups -OCH3 is 2. The van der Waals surface area contributed by atoms with Crippen LogP contribution in [0.5, 0.6) is 11.5 Å². The van der Waals surface area contributed by atoms with E-state index in [2.05, 4.69) is 10.3 Å². The smallest absolute Gasteiger partial charge is 0.416 e. The number of Topliss-reactive ketones (excluding diaryl/α,β-unsaturated/α-hetero) is 1. The Hall–Kier alpha value is -3.50. The van der Waals surface area contributed by atoms with Gasteiger partial charge in [0.25, 0.3) is 0 Å². The molecule has 0 saturated heterocycles. The molecule has 2 N–H and O–H groups in total. The summed E-state index contributed by atoms with van der Waals surface area (Å²) in [6, 6.07) is 11.6. The number of aromatic amines is 1. The predicted molar refractivity (Wildman–Crippen MR) is 137 cm³/mol. The molecular formula is C26H22ClF3N2O4S. The number of rotatable bonds is 8. The molecule has 1 aromatic heterocycles. The lowest BCUT2D eigenvalue weighted by atomic mass is 9.95. The van der Waals surface area contributed by atoms with Gasteiger partial charge in [0.1, 0.15) is 17.5 Å². The summed E-state index contributed by atoms with van der Waals surface area (Å²) in [5, 5.41) is 3.63. The fourth-order valence-electron chi connectivity index (χ4n) is 3.97. The van der Waals surface area contributed by atoms with Gasteiger partial charge in [0, 0.05) is 67.0 Å². The van der Waals surface area contributed by atoms with Gasteiger partial charge in [-0.05, 0) is 42.5 Å². The Morgan fingerprint density at radius 1 is 1.05 bits per heavy atom.